The van der Waals surface area contributed by atoms with Crippen molar-refractivity contribution >= 4 is 46.1 Å². The van der Waals surface area contributed by atoms with E-state index in [9.17, 15) is 9.59 Å². The lowest BCUT2D eigenvalue weighted by molar-refractivity contribution is -0.123. The molecule has 0 spiro atoms. The van der Waals surface area contributed by atoms with Crippen molar-refractivity contribution in [2.45, 2.75) is 39.0 Å². The van der Waals surface area contributed by atoms with Crippen LogP contribution in [0.15, 0.2) is 29.2 Å². The number of amides is 1. The molecule has 2 aliphatic rings. The predicted octanol–water partition coefficient (Wildman–Crippen LogP) is 3.91. The largest absolute Gasteiger partial charge is 0.379 e. The van der Waals surface area contributed by atoms with E-state index >= 15 is 0 Å². The summed E-state index contributed by atoms with van der Waals surface area (Å²) in [5.74, 6) is 0.106. The number of aryl methyl sites for hydroxylation is 1. The molecule has 0 aliphatic carbocycles. The maximum atomic E-state index is 12.7. The van der Waals surface area contributed by atoms with Gasteiger partial charge in [-0.3, -0.25) is 19.4 Å². The summed E-state index contributed by atoms with van der Waals surface area (Å²) in [5.41, 5.74) is 2.26. The smallest absolute Gasteiger partial charge is 0.266 e. The molecule has 0 aromatic heterocycles. The van der Waals surface area contributed by atoms with Gasteiger partial charge in [-0.15, -0.1) is 0 Å². The van der Waals surface area contributed by atoms with Gasteiger partial charge in [-0.2, -0.15) is 0 Å². The summed E-state index contributed by atoms with van der Waals surface area (Å²) >= 11 is 6.70. The van der Waals surface area contributed by atoms with Gasteiger partial charge in [0.2, 0.25) is 0 Å². The summed E-state index contributed by atoms with van der Waals surface area (Å²) in [7, 11) is 0. The first-order valence-electron chi connectivity index (χ1n) is 10.7. The third-order valence-electron chi connectivity index (χ3n) is 5.46. The topological polar surface area (TPSA) is 49.9 Å². The Labute approximate surface area is 188 Å². The number of ether oxygens (including phenoxy) is 1. The zero-order chi connectivity index (χ0) is 21.3. The summed E-state index contributed by atoms with van der Waals surface area (Å²) in [6.45, 7) is 7.10. The van der Waals surface area contributed by atoms with Crippen molar-refractivity contribution in [2.24, 2.45) is 0 Å². The number of benzene rings is 1. The number of Topliss-reactive ketones (excluding diaryl/α,β-unsaturated/α-hetero) is 1. The number of morpholine rings is 1. The van der Waals surface area contributed by atoms with Crippen LogP contribution in [0.4, 0.5) is 0 Å². The van der Waals surface area contributed by atoms with Gasteiger partial charge in [0, 0.05) is 32.5 Å². The van der Waals surface area contributed by atoms with Crippen LogP contribution in [0.25, 0.3) is 6.08 Å². The van der Waals surface area contributed by atoms with Crippen molar-refractivity contribution in [3.05, 3.63) is 40.3 Å². The SMILES string of the molecule is CCc1ccc(C=C2SC(=S)N(CCC(=O)CCCCN3CCOCC3)C2=O)cc1. The summed E-state index contributed by atoms with van der Waals surface area (Å²) in [5, 5.41) is 0. The molecule has 1 aromatic rings. The van der Waals surface area contributed by atoms with E-state index in [1.165, 1.54) is 17.3 Å². The summed E-state index contributed by atoms with van der Waals surface area (Å²) < 4.78 is 5.89. The first-order valence-corrected chi connectivity index (χ1v) is 12.0. The van der Waals surface area contributed by atoms with Crippen molar-refractivity contribution in [3.8, 4) is 0 Å². The maximum absolute atomic E-state index is 12.7. The summed E-state index contributed by atoms with van der Waals surface area (Å²) in [6.07, 6.45) is 5.71. The predicted molar refractivity (Wildman–Crippen MR) is 126 cm³/mol. The van der Waals surface area contributed by atoms with Crippen LogP contribution in [-0.2, 0) is 20.7 Å². The third kappa shape index (κ3) is 6.74. The second-order valence-electron chi connectivity index (χ2n) is 7.63. The minimum atomic E-state index is -0.0929. The minimum Gasteiger partial charge on any atom is -0.379 e. The molecule has 162 valence electrons. The molecule has 1 aromatic carbocycles. The van der Waals surface area contributed by atoms with Crippen molar-refractivity contribution in [3.63, 3.8) is 0 Å². The van der Waals surface area contributed by atoms with Gasteiger partial charge >= 0.3 is 0 Å². The van der Waals surface area contributed by atoms with E-state index in [0.717, 1.165) is 57.7 Å². The standard InChI is InChI=1S/C23H30N2O3S2/c1-2-18-6-8-19(9-7-18)17-21-22(27)25(23(29)30-21)12-10-20(26)5-3-4-11-24-13-15-28-16-14-24/h6-9,17H,2-5,10-16H2,1H3. The molecule has 30 heavy (non-hydrogen) atoms. The van der Waals surface area contributed by atoms with Gasteiger partial charge in [0.1, 0.15) is 10.1 Å². The molecule has 2 saturated heterocycles. The van der Waals surface area contributed by atoms with Gasteiger partial charge in [0.25, 0.3) is 5.91 Å². The molecule has 0 N–H and O–H groups in total. The molecule has 3 rings (SSSR count). The number of carbonyl (C=O) groups excluding carboxylic acids is 2. The van der Waals surface area contributed by atoms with Crippen LogP contribution in [0.5, 0.6) is 0 Å². The van der Waals surface area contributed by atoms with E-state index in [1.807, 2.05) is 18.2 Å². The highest BCUT2D eigenvalue weighted by atomic mass is 32.2. The molecule has 1 amide bonds. The molecular formula is C23H30N2O3S2. The van der Waals surface area contributed by atoms with E-state index in [-0.39, 0.29) is 11.7 Å². The Bertz CT molecular complexity index is 786. The zero-order valence-corrected chi connectivity index (χ0v) is 19.2. The Kier molecular flexibility index (Phi) is 9.05. The van der Waals surface area contributed by atoms with Crippen LogP contribution in [-0.4, -0.2) is 65.2 Å². The zero-order valence-electron chi connectivity index (χ0n) is 17.6. The fourth-order valence-electron chi connectivity index (χ4n) is 3.54. The normalized spacial score (nSPS) is 19.1. The third-order valence-corrected chi connectivity index (χ3v) is 6.84. The number of carbonyl (C=O) groups is 2. The highest BCUT2D eigenvalue weighted by Gasteiger charge is 2.31. The second-order valence-corrected chi connectivity index (χ2v) is 9.30. The van der Waals surface area contributed by atoms with E-state index in [1.54, 1.807) is 4.90 Å². The molecule has 2 fully saturated rings. The molecule has 7 heteroatoms. The molecule has 0 radical (unpaired) electrons. The minimum absolute atomic E-state index is 0.0929. The van der Waals surface area contributed by atoms with Crippen LogP contribution < -0.4 is 0 Å². The number of nitrogens with zero attached hydrogens (tertiary/aromatic N) is 2. The number of unbranched alkanes of at least 4 members (excludes halogenated alkanes) is 1. The first-order chi connectivity index (χ1) is 14.6. The van der Waals surface area contributed by atoms with Crippen LogP contribution in [0.3, 0.4) is 0 Å². The maximum Gasteiger partial charge on any atom is 0.266 e. The quantitative estimate of drug-likeness (QED) is 0.309. The number of ketones is 1. The van der Waals surface area contributed by atoms with E-state index in [4.69, 9.17) is 17.0 Å². The van der Waals surface area contributed by atoms with E-state index in [2.05, 4.69) is 24.0 Å². The Balaban J connectivity index is 1.41. The van der Waals surface area contributed by atoms with Crippen molar-refractivity contribution in [1.29, 1.82) is 0 Å². The summed E-state index contributed by atoms with van der Waals surface area (Å²) in [4.78, 5) is 29.6. The summed E-state index contributed by atoms with van der Waals surface area (Å²) in [6, 6.07) is 8.19. The van der Waals surface area contributed by atoms with Gasteiger partial charge in [-0.1, -0.05) is 55.2 Å². The first kappa shape index (κ1) is 23.1. The fourth-order valence-corrected chi connectivity index (χ4v) is 4.85. The average molecular weight is 447 g/mol. The lowest BCUT2D eigenvalue weighted by Crippen LogP contribution is -2.36. The van der Waals surface area contributed by atoms with E-state index < -0.39 is 0 Å². The molecule has 0 bridgehead atoms. The fraction of sp³-hybridized carbons (Fsp3) is 0.522. The van der Waals surface area contributed by atoms with Gasteiger partial charge in [-0.25, -0.2) is 0 Å². The van der Waals surface area contributed by atoms with Gasteiger partial charge in [-0.05, 0) is 43.0 Å². The Morgan fingerprint density at radius 1 is 1.13 bits per heavy atom. The van der Waals surface area contributed by atoms with Crippen LogP contribution in [0, 0.1) is 0 Å². The number of thiocarbonyl (C=S) groups is 1. The monoisotopic (exact) mass is 446 g/mol. The van der Waals surface area contributed by atoms with Crippen molar-refractivity contribution in [1.82, 2.24) is 9.80 Å². The Morgan fingerprint density at radius 3 is 2.57 bits per heavy atom. The van der Waals surface area contributed by atoms with E-state index in [0.29, 0.717) is 28.6 Å². The Morgan fingerprint density at radius 2 is 1.87 bits per heavy atom. The van der Waals surface area contributed by atoms with Gasteiger partial charge in [0.15, 0.2) is 0 Å². The van der Waals surface area contributed by atoms with Crippen LogP contribution >= 0.6 is 24.0 Å². The van der Waals surface area contributed by atoms with Crippen LogP contribution in [0.1, 0.15) is 43.7 Å². The second kappa shape index (κ2) is 11.7. The lowest BCUT2D eigenvalue weighted by atomic mass is 10.1. The van der Waals surface area contributed by atoms with Crippen molar-refractivity contribution in [2.75, 3.05) is 39.4 Å². The average Bonchev–Trinajstić information content (AvgIpc) is 3.03. The molecule has 0 saturated carbocycles. The molecule has 2 heterocycles. The molecule has 0 atom stereocenters. The highest BCUT2D eigenvalue weighted by molar-refractivity contribution is 8.26. The van der Waals surface area contributed by atoms with Crippen molar-refractivity contribution < 1.29 is 14.3 Å². The lowest BCUT2D eigenvalue weighted by Gasteiger charge is -2.26. The Hall–Kier alpha value is -1.54. The highest BCUT2D eigenvalue weighted by Crippen LogP contribution is 2.32. The molecule has 2 aliphatic heterocycles. The molecule has 5 nitrogen and oxygen atoms in total. The number of hydrogen-bond acceptors (Lipinski definition) is 6. The number of hydrogen-bond donors (Lipinski definition) is 0. The number of thioether (sulfide) groups is 1. The number of rotatable bonds is 10. The van der Waals surface area contributed by atoms with Gasteiger partial charge in [0.05, 0.1) is 18.1 Å². The molecular weight excluding hydrogens is 416 g/mol. The van der Waals surface area contributed by atoms with Gasteiger partial charge < -0.3 is 4.74 Å². The van der Waals surface area contributed by atoms with Crippen LogP contribution in [0.2, 0.25) is 0 Å². The molecule has 0 unspecified atom stereocenters.